The highest BCUT2D eigenvalue weighted by Crippen LogP contribution is 2.16. The van der Waals surface area contributed by atoms with Gasteiger partial charge in [0, 0.05) is 17.4 Å². The summed E-state index contributed by atoms with van der Waals surface area (Å²) in [5, 5.41) is 1.16. The molecule has 0 saturated carbocycles. The molecule has 1 nitrogen and oxygen atoms in total. The first kappa shape index (κ1) is 10.1. The number of fused-ring (bicyclic) bond motifs is 1. The molecule has 3 rings (SSSR count). The van der Waals surface area contributed by atoms with E-state index in [1.54, 1.807) is 12.1 Å². The molecule has 0 aliphatic heterocycles. The van der Waals surface area contributed by atoms with Crippen molar-refractivity contribution in [3.8, 4) is 0 Å². The predicted octanol–water partition coefficient (Wildman–Crippen LogP) is 3.63. The molecule has 0 aliphatic rings. The van der Waals surface area contributed by atoms with E-state index in [1.165, 1.54) is 6.07 Å². The Morgan fingerprint density at radius 3 is 2.82 bits per heavy atom. The summed E-state index contributed by atoms with van der Waals surface area (Å²) in [5.74, 6) is -0.195. The second kappa shape index (κ2) is 4.06. The monoisotopic (exact) mass is 224 g/mol. The highest BCUT2D eigenvalue weighted by Gasteiger charge is 2.02. The molecule has 0 N–H and O–H groups in total. The van der Waals surface area contributed by atoms with Crippen molar-refractivity contribution in [1.29, 1.82) is 0 Å². The van der Waals surface area contributed by atoms with Gasteiger partial charge in [-0.05, 0) is 29.8 Å². The lowest BCUT2D eigenvalue weighted by atomic mass is 10.2. The average molecular weight is 224 g/mol. The van der Waals surface area contributed by atoms with Gasteiger partial charge < -0.3 is 4.57 Å². The molecule has 1 heterocycles. The van der Waals surface area contributed by atoms with E-state index in [-0.39, 0.29) is 5.82 Å². The van der Waals surface area contributed by atoms with Crippen LogP contribution >= 0.6 is 0 Å². The Kier molecular flexibility index (Phi) is 2.41. The normalized spacial score (nSPS) is 10.9. The van der Waals surface area contributed by atoms with Gasteiger partial charge in [-0.1, -0.05) is 30.3 Å². The summed E-state index contributed by atoms with van der Waals surface area (Å²) < 4.78 is 15.1. The minimum Gasteiger partial charge on any atom is -0.335 e. The van der Waals surface area contributed by atoms with Crippen LogP contribution in [0.5, 0.6) is 0 Å². The molecule has 3 aromatic rings. The lowest BCUT2D eigenvalue weighted by molar-refractivity contribution is 0.624. The number of halogens is 1. The molecule has 17 heavy (non-hydrogen) atoms. The van der Waals surface area contributed by atoms with Crippen molar-refractivity contribution in [2.75, 3.05) is 0 Å². The van der Waals surface area contributed by atoms with Gasteiger partial charge in [0.1, 0.15) is 5.82 Å². The standard InChI is InChI=1S/C15H11FN/c16-14-6-3-4-12(10-14)11-17-9-8-13-5-1-2-7-15(13)17/h1-8,10H,11H2. The summed E-state index contributed by atoms with van der Waals surface area (Å²) in [6, 6.07) is 16.7. The van der Waals surface area contributed by atoms with Gasteiger partial charge >= 0.3 is 0 Å². The fourth-order valence-electron chi connectivity index (χ4n) is 2.02. The van der Waals surface area contributed by atoms with E-state index in [9.17, 15) is 4.39 Å². The number of para-hydroxylation sites is 1. The van der Waals surface area contributed by atoms with E-state index >= 15 is 0 Å². The summed E-state index contributed by atoms with van der Waals surface area (Å²) in [5.41, 5.74) is 2.07. The van der Waals surface area contributed by atoms with Crippen molar-refractivity contribution in [2.45, 2.75) is 6.54 Å². The predicted molar refractivity (Wildman–Crippen MR) is 66.3 cm³/mol. The molecule has 2 aromatic carbocycles. The maximum Gasteiger partial charge on any atom is 0.123 e. The lowest BCUT2D eigenvalue weighted by Crippen LogP contribution is -1.98. The summed E-state index contributed by atoms with van der Waals surface area (Å²) >= 11 is 0. The fourth-order valence-corrected chi connectivity index (χ4v) is 2.02. The molecule has 0 aliphatic carbocycles. The van der Waals surface area contributed by atoms with Crippen LogP contribution in [0.3, 0.4) is 0 Å². The van der Waals surface area contributed by atoms with Crippen LogP contribution in [0.1, 0.15) is 5.56 Å². The second-order valence-electron chi connectivity index (χ2n) is 4.05. The van der Waals surface area contributed by atoms with Crippen LogP contribution in [0.15, 0.2) is 54.6 Å². The number of aromatic nitrogens is 1. The van der Waals surface area contributed by atoms with Gasteiger partial charge in [0.2, 0.25) is 0 Å². The third kappa shape index (κ3) is 1.94. The molecule has 0 saturated heterocycles. The third-order valence-corrected chi connectivity index (χ3v) is 2.83. The molecule has 0 fully saturated rings. The Morgan fingerprint density at radius 1 is 1.06 bits per heavy atom. The first-order valence-corrected chi connectivity index (χ1v) is 5.53. The largest absolute Gasteiger partial charge is 0.335 e. The van der Waals surface area contributed by atoms with Crippen LogP contribution in [0.4, 0.5) is 4.39 Å². The molecule has 0 atom stereocenters. The van der Waals surface area contributed by atoms with Crippen molar-refractivity contribution >= 4 is 10.9 Å². The van der Waals surface area contributed by atoms with Gasteiger partial charge in [-0.3, -0.25) is 0 Å². The maximum atomic E-state index is 13.1. The smallest absolute Gasteiger partial charge is 0.123 e. The van der Waals surface area contributed by atoms with E-state index in [4.69, 9.17) is 0 Å². The maximum absolute atomic E-state index is 13.1. The van der Waals surface area contributed by atoms with Crippen LogP contribution in [0.25, 0.3) is 10.9 Å². The number of nitrogens with zero attached hydrogens (tertiary/aromatic N) is 1. The summed E-state index contributed by atoms with van der Waals surface area (Å²) in [6.45, 7) is 0.644. The summed E-state index contributed by atoms with van der Waals surface area (Å²) in [6.07, 6.45) is 3.18. The van der Waals surface area contributed by atoms with Gasteiger partial charge in [0.15, 0.2) is 0 Å². The topological polar surface area (TPSA) is 4.93 Å². The molecule has 0 amide bonds. The zero-order valence-electron chi connectivity index (χ0n) is 9.23. The third-order valence-electron chi connectivity index (χ3n) is 2.83. The molecule has 1 aromatic heterocycles. The zero-order chi connectivity index (χ0) is 11.7. The van der Waals surface area contributed by atoms with Crippen LogP contribution < -0.4 is 0 Å². The molecular weight excluding hydrogens is 213 g/mol. The quantitative estimate of drug-likeness (QED) is 0.626. The second-order valence-corrected chi connectivity index (χ2v) is 4.05. The van der Waals surface area contributed by atoms with E-state index in [0.717, 1.165) is 16.5 Å². The van der Waals surface area contributed by atoms with E-state index in [1.807, 2.05) is 41.0 Å². The van der Waals surface area contributed by atoms with Gasteiger partial charge in [0.25, 0.3) is 0 Å². The van der Waals surface area contributed by atoms with Crippen molar-refractivity contribution in [1.82, 2.24) is 4.57 Å². The highest BCUT2D eigenvalue weighted by molar-refractivity contribution is 5.79. The molecule has 1 radical (unpaired) electrons. The summed E-state index contributed by atoms with van der Waals surface area (Å²) in [7, 11) is 0. The van der Waals surface area contributed by atoms with E-state index in [2.05, 4.69) is 6.20 Å². The highest BCUT2D eigenvalue weighted by atomic mass is 19.1. The molecule has 0 spiro atoms. The number of hydrogen-bond acceptors (Lipinski definition) is 0. The number of rotatable bonds is 2. The average Bonchev–Trinajstić information content (AvgIpc) is 2.73. The Hall–Kier alpha value is -2.09. The van der Waals surface area contributed by atoms with Gasteiger partial charge in [0.05, 0.1) is 6.20 Å². The van der Waals surface area contributed by atoms with Crippen molar-refractivity contribution in [3.63, 3.8) is 0 Å². The number of benzene rings is 2. The van der Waals surface area contributed by atoms with Gasteiger partial charge in [-0.15, -0.1) is 0 Å². The fraction of sp³-hybridized carbons (Fsp3) is 0.0667. The Morgan fingerprint density at radius 2 is 1.94 bits per heavy atom. The Bertz CT molecular complexity index is 655. The Labute approximate surface area is 99.1 Å². The van der Waals surface area contributed by atoms with E-state index < -0.39 is 0 Å². The summed E-state index contributed by atoms with van der Waals surface area (Å²) in [4.78, 5) is 0. The molecule has 83 valence electrons. The zero-order valence-corrected chi connectivity index (χ0v) is 9.23. The van der Waals surface area contributed by atoms with Crippen molar-refractivity contribution < 1.29 is 4.39 Å². The van der Waals surface area contributed by atoms with Gasteiger partial charge in [-0.25, -0.2) is 4.39 Å². The van der Waals surface area contributed by atoms with Crippen LogP contribution in [-0.4, -0.2) is 4.57 Å². The van der Waals surface area contributed by atoms with E-state index in [0.29, 0.717) is 6.54 Å². The van der Waals surface area contributed by atoms with Crippen molar-refractivity contribution in [2.24, 2.45) is 0 Å². The molecule has 0 bridgehead atoms. The Balaban J connectivity index is 2.00. The van der Waals surface area contributed by atoms with Crippen LogP contribution in [0, 0.1) is 12.0 Å². The van der Waals surface area contributed by atoms with Gasteiger partial charge in [-0.2, -0.15) is 0 Å². The molecular formula is C15H11FN. The molecule has 0 unspecified atom stereocenters. The first-order valence-electron chi connectivity index (χ1n) is 5.53. The number of hydrogen-bond donors (Lipinski definition) is 0. The minimum atomic E-state index is -0.195. The van der Waals surface area contributed by atoms with Crippen LogP contribution in [-0.2, 0) is 6.54 Å². The SMILES string of the molecule is Fc1cccc(Cn2[c]cc3ccccc32)c1. The van der Waals surface area contributed by atoms with Crippen molar-refractivity contribution in [3.05, 3.63) is 72.2 Å². The first-order chi connectivity index (χ1) is 8.33. The lowest BCUT2D eigenvalue weighted by Gasteiger charge is -2.05. The van der Waals surface area contributed by atoms with Crippen LogP contribution in [0.2, 0.25) is 0 Å². The molecule has 2 heteroatoms. The minimum absolute atomic E-state index is 0.195.